The Bertz CT molecular complexity index is 1190. The van der Waals surface area contributed by atoms with E-state index in [0.717, 1.165) is 58.4 Å². The first-order chi connectivity index (χ1) is 13.7. The summed E-state index contributed by atoms with van der Waals surface area (Å²) in [6, 6.07) is 16.0. The number of nitrogens with one attached hydrogen (secondary N) is 1. The van der Waals surface area contributed by atoms with Crippen LogP contribution in [0.15, 0.2) is 48.5 Å². The number of carbonyl (C=O) groups excluding carboxylic acids is 1. The van der Waals surface area contributed by atoms with Crippen molar-refractivity contribution < 1.29 is 4.79 Å². The summed E-state index contributed by atoms with van der Waals surface area (Å²) in [7, 11) is 0. The number of amides is 1. The highest BCUT2D eigenvalue weighted by atomic mass is 32.1. The van der Waals surface area contributed by atoms with Crippen molar-refractivity contribution in [2.45, 2.75) is 19.8 Å². The maximum atomic E-state index is 13.2. The number of thiazole rings is 1. The number of nitrogens with zero attached hydrogens (tertiary/aromatic N) is 3. The fourth-order valence-corrected chi connectivity index (χ4v) is 4.69. The molecule has 0 unspecified atom stereocenters. The number of fused-ring (bicyclic) bond motifs is 2. The fraction of sp³-hybridized carbons (Fsp3) is 0.227. The molecule has 4 aromatic rings. The lowest BCUT2D eigenvalue weighted by Gasteiger charge is -2.20. The molecule has 0 atom stereocenters. The molecule has 5 rings (SSSR count). The summed E-state index contributed by atoms with van der Waals surface area (Å²) in [4.78, 5) is 24.8. The normalized spacial score (nSPS) is 14.1. The second-order valence-corrected chi connectivity index (χ2v) is 8.17. The Balaban J connectivity index is 1.55. The monoisotopic (exact) mass is 388 g/mol. The highest BCUT2D eigenvalue weighted by Gasteiger charge is 2.23. The smallest absolute Gasteiger partial charge is 0.261 e. The van der Waals surface area contributed by atoms with Crippen LogP contribution in [0, 0.1) is 6.92 Å². The van der Waals surface area contributed by atoms with Crippen molar-refractivity contribution in [2.75, 3.05) is 23.3 Å². The molecule has 0 bridgehead atoms. The summed E-state index contributed by atoms with van der Waals surface area (Å²) in [6.45, 7) is 3.91. The largest absolute Gasteiger partial charge is 0.356 e. The maximum absolute atomic E-state index is 13.2. The van der Waals surface area contributed by atoms with Crippen molar-refractivity contribution in [1.29, 1.82) is 0 Å². The van der Waals surface area contributed by atoms with Gasteiger partial charge in [0.15, 0.2) is 5.13 Å². The third-order valence-corrected chi connectivity index (χ3v) is 6.13. The van der Waals surface area contributed by atoms with Gasteiger partial charge < -0.3 is 4.90 Å². The Morgan fingerprint density at radius 2 is 1.89 bits per heavy atom. The standard InChI is InChI=1S/C22H20N4OS/c1-14-7-6-10-18-19(14)24-22(28-18)25-21(27)16-13-15-8-2-3-9-17(15)23-20(16)26-11-4-5-12-26/h2-3,6-10,13H,4-5,11-12H2,1H3,(H,24,25,27). The highest BCUT2D eigenvalue weighted by Crippen LogP contribution is 2.30. The van der Waals surface area contributed by atoms with Crippen LogP contribution in [-0.4, -0.2) is 29.0 Å². The first-order valence-electron chi connectivity index (χ1n) is 9.51. The Kier molecular flexibility index (Phi) is 4.20. The zero-order chi connectivity index (χ0) is 19.1. The van der Waals surface area contributed by atoms with Crippen molar-refractivity contribution >= 4 is 49.3 Å². The van der Waals surface area contributed by atoms with Crippen molar-refractivity contribution in [3.63, 3.8) is 0 Å². The molecular weight excluding hydrogens is 368 g/mol. The quantitative estimate of drug-likeness (QED) is 0.536. The molecule has 28 heavy (non-hydrogen) atoms. The molecule has 0 saturated carbocycles. The molecule has 2 aromatic carbocycles. The Hall–Kier alpha value is -2.99. The molecule has 6 heteroatoms. The molecule has 0 spiro atoms. The van der Waals surface area contributed by atoms with Gasteiger partial charge >= 0.3 is 0 Å². The van der Waals surface area contributed by atoms with Gasteiger partial charge in [-0.2, -0.15) is 0 Å². The maximum Gasteiger partial charge on any atom is 0.261 e. The van der Waals surface area contributed by atoms with E-state index in [4.69, 9.17) is 4.98 Å². The van der Waals surface area contributed by atoms with E-state index in [0.29, 0.717) is 10.7 Å². The zero-order valence-corrected chi connectivity index (χ0v) is 16.4. The lowest BCUT2D eigenvalue weighted by atomic mass is 10.1. The second kappa shape index (κ2) is 6.87. The van der Waals surface area contributed by atoms with E-state index in [9.17, 15) is 4.79 Å². The number of rotatable bonds is 3. The van der Waals surface area contributed by atoms with Gasteiger partial charge in [-0.25, -0.2) is 9.97 Å². The van der Waals surface area contributed by atoms with Crippen molar-refractivity contribution in [3.8, 4) is 0 Å². The minimum Gasteiger partial charge on any atom is -0.356 e. The molecule has 1 N–H and O–H groups in total. The van der Waals surface area contributed by atoms with Crippen LogP contribution in [0.2, 0.25) is 0 Å². The predicted octanol–water partition coefficient (Wildman–Crippen LogP) is 5.01. The van der Waals surface area contributed by atoms with Gasteiger partial charge in [-0.15, -0.1) is 0 Å². The van der Waals surface area contributed by atoms with E-state index in [-0.39, 0.29) is 5.91 Å². The van der Waals surface area contributed by atoms with E-state index >= 15 is 0 Å². The molecule has 2 aromatic heterocycles. The predicted molar refractivity (Wildman–Crippen MR) is 116 cm³/mol. The molecule has 3 heterocycles. The average molecular weight is 388 g/mol. The van der Waals surface area contributed by atoms with E-state index in [1.54, 1.807) is 0 Å². The third-order valence-electron chi connectivity index (χ3n) is 5.20. The summed E-state index contributed by atoms with van der Waals surface area (Å²) in [6.07, 6.45) is 2.26. The van der Waals surface area contributed by atoms with Crippen LogP contribution in [0.1, 0.15) is 28.8 Å². The van der Waals surface area contributed by atoms with Crippen LogP contribution >= 0.6 is 11.3 Å². The average Bonchev–Trinajstić information content (AvgIpc) is 3.37. The lowest BCUT2D eigenvalue weighted by Crippen LogP contribution is -2.24. The first kappa shape index (κ1) is 17.1. The SMILES string of the molecule is Cc1cccc2sc(NC(=O)c3cc4ccccc4nc3N3CCCC3)nc12. The van der Waals surface area contributed by atoms with Crippen molar-refractivity contribution in [3.05, 3.63) is 59.7 Å². The number of aromatic nitrogens is 2. The van der Waals surface area contributed by atoms with Gasteiger partial charge in [0, 0.05) is 18.5 Å². The van der Waals surface area contributed by atoms with Crippen molar-refractivity contribution in [2.24, 2.45) is 0 Å². The number of hydrogen-bond acceptors (Lipinski definition) is 5. The molecule has 1 aliphatic rings. The third kappa shape index (κ3) is 2.99. The van der Waals surface area contributed by atoms with Crippen LogP contribution in [0.5, 0.6) is 0 Å². The van der Waals surface area contributed by atoms with Gasteiger partial charge in [-0.1, -0.05) is 41.7 Å². The minimum absolute atomic E-state index is 0.156. The summed E-state index contributed by atoms with van der Waals surface area (Å²) in [5, 5.41) is 4.59. The molecule has 0 aliphatic carbocycles. The molecule has 0 radical (unpaired) electrons. The molecule has 5 nitrogen and oxygen atoms in total. The lowest BCUT2D eigenvalue weighted by molar-refractivity contribution is 0.102. The summed E-state index contributed by atoms with van der Waals surface area (Å²) in [5.74, 6) is 0.614. The van der Waals surface area contributed by atoms with Crippen LogP contribution < -0.4 is 10.2 Å². The summed E-state index contributed by atoms with van der Waals surface area (Å²) in [5.41, 5.74) is 3.58. The van der Waals surface area contributed by atoms with Crippen LogP contribution in [0.4, 0.5) is 10.9 Å². The van der Waals surface area contributed by atoms with Gasteiger partial charge in [0.1, 0.15) is 5.82 Å². The van der Waals surface area contributed by atoms with Gasteiger partial charge in [0.05, 0.1) is 21.3 Å². The van der Waals surface area contributed by atoms with Gasteiger partial charge in [-0.05, 0) is 43.5 Å². The van der Waals surface area contributed by atoms with E-state index in [1.165, 1.54) is 11.3 Å². The molecule has 1 saturated heterocycles. The topological polar surface area (TPSA) is 58.1 Å². The molecule has 1 fully saturated rings. The molecule has 140 valence electrons. The summed E-state index contributed by atoms with van der Waals surface area (Å²) < 4.78 is 1.08. The number of carbonyl (C=O) groups is 1. The Labute approximate surface area is 167 Å². The van der Waals surface area contributed by atoms with Gasteiger partial charge in [0.25, 0.3) is 5.91 Å². The van der Waals surface area contributed by atoms with Crippen LogP contribution in [-0.2, 0) is 0 Å². The fourth-order valence-electron chi connectivity index (χ4n) is 3.75. The van der Waals surface area contributed by atoms with Gasteiger partial charge in [0.2, 0.25) is 0 Å². The highest BCUT2D eigenvalue weighted by molar-refractivity contribution is 7.22. The number of benzene rings is 2. The molecule has 1 aliphatic heterocycles. The Morgan fingerprint density at radius 3 is 2.71 bits per heavy atom. The first-order valence-corrected chi connectivity index (χ1v) is 10.3. The van der Waals surface area contributed by atoms with E-state index in [2.05, 4.69) is 15.2 Å². The summed E-state index contributed by atoms with van der Waals surface area (Å²) >= 11 is 1.50. The van der Waals surface area contributed by atoms with Crippen molar-refractivity contribution in [1.82, 2.24) is 9.97 Å². The van der Waals surface area contributed by atoms with Gasteiger partial charge in [-0.3, -0.25) is 10.1 Å². The Morgan fingerprint density at radius 1 is 1.07 bits per heavy atom. The van der Waals surface area contributed by atoms with E-state index in [1.807, 2.05) is 55.5 Å². The number of hydrogen-bond donors (Lipinski definition) is 1. The zero-order valence-electron chi connectivity index (χ0n) is 15.6. The number of anilines is 2. The van der Waals surface area contributed by atoms with Crippen LogP contribution in [0.3, 0.4) is 0 Å². The number of pyridine rings is 1. The van der Waals surface area contributed by atoms with E-state index < -0.39 is 0 Å². The molecular formula is C22H20N4OS. The number of aryl methyl sites for hydroxylation is 1. The minimum atomic E-state index is -0.156. The van der Waals surface area contributed by atoms with Crippen LogP contribution in [0.25, 0.3) is 21.1 Å². The second-order valence-electron chi connectivity index (χ2n) is 7.14. The number of para-hydroxylation sites is 2. The molecule has 1 amide bonds.